The molecule has 1 aliphatic heterocycles. The number of nitro groups is 1. The number of anilines is 4. The zero-order chi connectivity index (χ0) is 23.9. The molecule has 1 aromatic heterocycles. The first kappa shape index (κ1) is 22.7. The molecule has 0 unspecified atom stereocenters. The van der Waals surface area contributed by atoms with Crippen molar-refractivity contribution in [2.75, 3.05) is 49.1 Å². The molecule has 13 heteroatoms. The number of hydrazone groups is 1. The maximum absolute atomic E-state index is 10.9. The zero-order valence-electron chi connectivity index (χ0n) is 18.2. The van der Waals surface area contributed by atoms with Gasteiger partial charge in [-0.3, -0.25) is 10.1 Å². The standard InChI is InChI=1S/C21H22N8O5/c1-33-17-4-2-3-14(18(17)30)13-22-27-20-24-19(23-15-5-7-16(8-6-15)29(31)32)25-21(26-20)28-9-11-34-12-10-28/h2-8,13,30H,9-12H2,1H3,(H2,23,24,25,26,27). The summed E-state index contributed by atoms with van der Waals surface area (Å²) < 4.78 is 10.5. The summed E-state index contributed by atoms with van der Waals surface area (Å²) in [6.07, 6.45) is 1.42. The van der Waals surface area contributed by atoms with Crippen molar-refractivity contribution in [2.45, 2.75) is 0 Å². The summed E-state index contributed by atoms with van der Waals surface area (Å²) in [6.45, 7) is 2.32. The van der Waals surface area contributed by atoms with Gasteiger partial charge in [-0.25, -0.2) is 5.43 Å². The molecular weight excluding hydrogens is 444 g/mol. The lowest BCUT2D eigenvalue weighted by atomic mass is 10.2. The monoisotopic (exact) mass is 466 g/mol. The Hall–Kier alpha value is -4.52. The Morgan fingerprint density at radius 3 is 2.59 bits per heavy atom. The van der Waals surface area contributed by atoms with Crippen LogP contribution in [0, 0.1) is 10.1 Å². The Balaban J connectivity index is 1.57. The van der Waals surface area contributed by atoms with Crippen molar-refractivity contribution in [3.05, 3.63) is 58.1 Å². The Morgan fingerprint density at radius 1 is 1.15 bits per heavy atom. The van der Waals surface area contributed by atoms with Crippen LogP contribution in [0.2, 0.25) is 0 Å². The van der Waals surface area contributed by atoms with Crippen molar-refractivity contribution < 1.29 is 19.5 Å². The first-order chi connectivity index (χ1) is 16.5. The molecule has 2 heterocycles. The van der Waals surface area contributed by atoms with Gasteiger partial charge in [-0.05, 0) is 24.3 Å². The third-order valence-corrected chi connectivity index (χ3v) is 4.87. The Labute approximate surface area is 194 Å². The van der Waals surface area contributed by atoms with Crippen LogP contribution in [0.25, 0.3) is 0 Å². The Kier molecular flexibility index (Phi) is 6.93. The van der Waals surface area contributed by atoms with Gasteiger partial charge in [-0.1, -0.05) is 6.07 Å². The van der Waals surface area contributed by atoms with Crippen LogP contribution in [-0.2, 0) is 4.74 Å². The van der Waals surface area contributed by atoms with Gasteiger partial charge in [-0.2, -0.15) is 20.1 Å². The van der Waals surface area contributed by atoms with Crippen molar-refractivity contribution >= 4 is 35.4 Å². The van der Waals surface area contributed by atoms with E-state index in [0.717, 1.165) is 0 Å². The number of nitrogens with zero attached hydrogens (tertiary/aromatic N) is 6. The number of nitro benzene ring substituents is 1. The van der Waals surface area contributed by atoms with E-state index in [9.17, 15) is 15.2 Å². The number of para-hydroxylation sites is 1. The fraction of sp³-hybridized carbons (Fsp3) is 0.238. The lowest BCUT2D eigenvalue weighted by Crippen LogP contribution is -2.37. The van der Waals surface area contributed by atoms with Gasteiger partial charge in [0.25, 0.3) is 5.69 Å². The molecule has 1 aliphatic rings. The summed E-state index contributed by atoms with van der Waals surface area (Å²) in [4.78, 5) is 25.6. The molecule has 34 heavy (non-hydrogen) atoms. The van der Waals surface area contributed by atoms with E-state index in [4.69, 9.17) is 9.47 Å². The smallest absolute Gasteiger partial charge is 0.269 e. The minimum atomic E-state index is -0.469. The summed E-state index contributed by atoms with van der Waals surface area (Å²) in [5, 5.41) is 28.2. The van der Waals surface area contributed by atoms with Crippen molar-refractivity contribution in [1.29, 1.82) is 0 Å². The third-order valence-electron chi connectivity index (χ3n) is 4.87. The Bertz CT molecular complexity index is 1180. The second kappa shape index (κ2) is 10.4. The molecule has 0 bridgehead atoms. The molecule has 3 aromatic rings. The molecule has 0 spiro atoms. The number of phenols is 1. The lowest BCUT2D eigenvalue weighted by molar-refractivity contribution is -0.384. The molecule has 0 aliphatic carbocycles. The van der Waals surface area contributed by atoms with Crippen molar-refractivity contribution in [2.24, 2.45) is 5.10 Å². The van der Waals surface area contributed by atoms with Gasteiger partial charge < -0.3 is 24.8 Å². The van der Waals surface area contributed by atoms with Crippen LogP contribution < -0.4 is 20.4 Å². The highest BCUT2D eigenvalue weighted by atomic mass is 16.6. The highest BCUT2D eigenvalue weighted by Gasteiger charge is 2.17. The van der Waals surface area contributed by atoms with Crippen LogP contribution in [-0.4, -0.2) is 64.6 Å². The SMILES string of the molecule is COc1cccc(C=NNc2nc(Nc3ccc([N+](=O)[O-])cc3)nc(N3CCOCC3)n2)c1O. The number of rotatable bonds is 8. The van der Waals surface area contributed by atoms with Crippen molar-refractivity contribution in [3.8, 4) is 11.5 Å². The maximum atomic E-state index is 10.9. The van der Waals surface area contributed by atoms with E-state index in [-0.39, 0.29) is 23.3 Å². The maximum Gasteiger partial charge on any atom is 0.269 e. The van der Waals surface area contributed by atoms with Gasteiger partial charge in [0.2, 0.25) is 17.8 Å². The molecule has 0 amide bonds. The minimum Gasteiger partial charge on any atom is -0.504 e. The number of ether oxygens (including phenoxy) is 2. The van der Waals surface area contributed by atoms with Crippen LogP contribution in [0.15, 0.2) is 47.6 Å². The number of morpholine rings is 1. The molecule has 1 saturated heterocycles. The first-order valence-corrected chi connectivity index (χ1v) is 10.3. The topological polar surface area (TPSA) is 160 Å². The van der Waals surface area contributed by atoms with Gasteiger partial charge in [-0.15, -0.1) is 0 Å². The number of hydrogen-bond donors (Lipinski definition) is 3. The fourth-order valence-electron chi connectivity index (χ4n) is 3.14. The van der Waals surface area contributed by atoms with Crippen molar-refractivity contribution in [1.82, 2.24) is 15.0 Å². The van der Waals surface area contributed by atoms with E-state index in [1.165, 1.54) is 25.5 Å². The van der Waals surface area contributed by atoms with Crippen LogP contribution in [0.1, 0.15) is 5.56 Å². The van der Waals surface area contributed by atoms with Gasteiger partial charge in [0.15, 0.2) is 11.5 Å². The van der Waals surface area contributed by atoms with E-state index in [2.05, 4.69) is 30.8 Å². The molecule has 176 valence electrons. The zero-order valence-corrected chi connectivity index (χ0v) is 18.2. The van der Waals surface area contributed by atoms with E-state index in [1.807, 2.05) is 4.90 Å². The summed E-state index contributed by atoms with van der Waals surface area (Å²) in [7, 11) is 1.46. The van der Waals surface area contributed by atoms with Gasteiger partial charge >= 0.3 is 0 Å². The number of benzene rings is 2. The minimum absolute atomic E-state index is 0.0207. The fourth-order valence-corrected chi connectivity index (χ4v) is 3.14. The second-order valence-corrected chi connectivity index (χ2v) is 7.08. The van der Waals surface area contributed by atoms with E-state index < -0.39 is 4.92 Å². The third kappa shape index (κ3) is 5.45. The molecule has 1 fully saturated rings. The predicted molar refractivity (Wildman–Crippen MR) is 125 cm³/mol. The molecule has 0 saturated carbocycles. The van der Waals surface area contributed by atoms with Crippen LogP contribution in [0.3, 0.4) is 0 Å². The molecule has 13 nitrogen and oxygen atoms in total. The summed E-state index contributed by atoms with van der Waals surface area (Å²) in [5.41, 5.74) is 3.75. The highest BCUT2D eigenvalue weighted by molar-refractivity contribution is 5.85. The molecule has 3 N–H and O–H groups in total. The van der Waals surface area contributed by atoms with Gasteiger partial charge in [0.1, 0.15) is 0 Å². The molecular formula is C21H22N8O5. The molecule has 0 atom stereocenters. The number of phenolic OH excluding ortho intramolecular Hbond substituents is 1. The lowest BCUT2D eigenvalue weighted by Gasteiger charge is -2.27. The number of aromatic hydroxyl groups is 1. The molecule has 0 radical (unpaired) electrons. The number of methoxy groups -OCH3 is 1. The largest absolute Gasteiger partial charge is 0.504 e. The summed E-state index contributed by atoms with van der Waals surface area (Å²) in [5.74, 6) is 1.10. The number of nitrogens with one attached hydrogen (secondary N) is 2. The number of hydrogen-bond acceptors (Lipinski definition) is 12. The van der Waals surface area contributed by atoms with Crippen LogP contribution >= 0.6 is 0 Å². The predicted octanol–water partition coefficient (Wildman–Crippen LogP) is 2.52. The average Bonchev–Trinajstić information content (AvgIpc) is 2.86. The van der Waals surface area contributed by atoms with Crippen LogP contribution in [0.4, 0.5) is 29.2 Å². The highest BCUT2D eigenvalue weighted by Crippen LogP contribution is 2.28. The number of non-ortho nitro benzene ring substituents is 1. The van der Waals surface area contributed by atoms with Gasteiger partial charge in [0, 0.05) is 36.5 Å². The van der Waals surface area contributed by atoms with Crippen LogP contribution in [0.5, 0.6) is 11.5 Å². The van der Waals surface area contributed by atoms with E-state index in [0.29, 0.717) is 49.3 Å². The molecule has 4 rings (SSSR count). The van der Waals surface area contributed by atoms with Crippen molar-refractivity contribution in [3.63, 3.8) is 0 Å². The average molecular weight is 466 g/mol. The normalized spacial score (nSPS) is 13.6. The second-order valence-electron chi connectivity index (χ2n) is 7.08. The number of aromatic nitrogens is 3. The van der Waals surface area contributed by atoms with Gasteiger partial charge in [0.05, 0.1) is 31.5 Å². The summed E-state index contributed by atoms with van der Waals surface area (Å²) in [6, 6.07) is 10.9. The first-order valence-electron chi connectivity index (χ1n) is 10.3. The van der Waals surface area contributed by atoms with E-state index in [1.54, 1.807) is 30.3 Å². The quantitative estimate of drug-likeness (QED) is 0.254. The van der Waals surface area contributed by atoms with E-state index >= 15 is 0 Å². The molecule has 2 aromatic carbocycles. The summed E-state index contributed by atoms with van der Waals surface area (Å²) >= 11 is 0. The Morgan fingerprint density at radius 2 is 1.88 bits per heavy atom.